The third-order valence-corrected chi connectivity index (χ3v) is 2.10. The summed E-state index contributed by atoms with van der Waals surface area (Å²) in [5.74, 6) is 0.857. The number of methoxy groups -OCH3 is 1. The van der Waals surface area contributed by atoms with Gasteiger partial charge in [0.25, 0.3) is 0 Å². The van der Waals surface area contributed by atoms with E-state index in [0.717, 1.165) is 15.9 Å². The largest absolute Gasteiger partial charge is 0.497 e. The van der Waals surface area contributed by atoms with Crippen molar-refractivity contribution in [2.75, 3.05) is 19.5 Å². The van der Waals surface area contributed by atoms with Crippen molar-refractivity contribution >= 4 is 21.6 Å². The summed E-state index contributed by atoms with van der Waals surface area (Å²) in [5, 5.41) is 3.04. The molecule has 0 aromatic heterocycles. The van der Waals surface area contributed by atoms with Crippen LogP contribution in [0, 0.1) is 0 Å². The van der Waals surface area contributed by atoms with Crippen LogP contribution in [0.1, 0.15) is 0 Å². The van der Waals surface area contributed by atoms with Crippen LogP contribution in [0.4, 0.5) is 5.69 Å². The van der Waals surface area contributed by atoms with E-state index in [-0.39, 0.29) is 0 Å². The molecular weight excluding hydrogens is 206 g/mol. The molecule has 0 radical (unpaired) electrons. The van der Waals surface area contributed by atoms with Gasteiger partial charge in [-0.3, -0.25) is 0 Å². The highest BCUT2D eigenvalue weighted by Gasteiger charge is 1.97. The summed E-state index contributed by atoms with van der Waals surface area (Å²) in [5.41, 5.74) is 1.06. The van der Waals surface area contributed by atoms with Crippen LogP contribution >= 0.6 is 15.9 Å². The van der Waals surface area contributed by atoms with Crippen LogP contribution in [-0.2, 0) is 0 Å². The minimum Gasteiger partial charge on any atom is -0.497 e. The molecule has 1 aromatic rings. The molecule has 11 heavy (non-hydrogen) atoms. The van der Waals surface area contributed by atoms with Gasteiger partial charge in [0.05, 0.1) is 7.11 Å². The molecule has 0 aliphatic heterocycles. The second-order valence-electron chi connectivity index (χ2n) is 2.10. The van der Waals surface area contributed by atoms with E-state index >= 15 is 0 Å². The lowest BCUT2D eigenvalue weighted by Gasteiger charge is -2.04. The molecule has 0 aliphatic carbocycles. The summed E-state index contributed by atoms with van der Waals surface area (Å²) in [7, 11) is 3.54. The Morgan fingerprint density at radius 2 is 2.18 bits per heavy atom. The molecule has 60 valence electrons. The first-order chi connectivity index (χ1) is 5.27. The highest BCUT2D eigenvalue weighted by molar-refractivity contribution is 9.10. The number of halogens is 1. The highest BCUT2D eigenvalue weighted by Crippen LogP contribution is 2.26. The second kappa shape index (κ2) is 3.62. The molecule has 0 fully saturated rings. The van der Waals surface area contributed by atoms with Crippen molar-refractivity contribution in [3.05, 3.63) is 22.7 Å². The number of anilines is 1. The lowest BCUT2D eigenvalue weighted by atomic mass is 10.3. The van der Waals surface area contributed by atoms with Gasteiger partial charge in [-0.15, -0.1) is 0 Å². The summed E-state index contributed by atoms with van der Waals surface area (Å²) in [4.78, 5) is 0. The summed E-state index contributed by atoms with van der Waals surface area (Å²) < 4.78 is 6.05. The summed E-state index contributed by atoms with van der Waals surface area (Å²) in [6.07, 6.45) is 0. The Bertz CT molecular complexity index is 250. The van der Waals surface area contributed by atoms with Gasteiger partial charge >= 0.3 is 0 Å². The number of hydrogen-bond acceptors (Lipinski definition) is 2. The SMILES string of the molecule is CNc1ccc(OC)cc1Br. The van der Waals surface area contributed by atoms with E-state index in [4.69, 9.17) is 4.74 Å². The third-order valence-electron chi connectivity index (χ3n) is 1.45. The first-order valence-corrected chi connectivity index (χ1v) is 4.08. The van der Waals surface area contributed by atoms with E-state index in [0.29, 0.717) is 0 Å². The first-order valence-electron chi connectivity index (χ1n) is 3.29. The molecule has 3 heteroatoms. The average Bonchev–Trinajstić information content (AvgIpc) is 2.04. The van der Waals surface area contributed by atoms with Crippen LogP contribution in [0.5, 0.6) is 5.75 Å². The monoisotopic (exact) mass is 215 g/mol. The number of benzene rings is 1. The van der Waals surface area contributed by atoms with Crippen molar-refractivity contribution in [2.24, 2.45) is 0 Å². The second-order valence-corrected chi connectivity index (χ2v) is 2.95. The standard InChI is InChI=1S/C8H10BrNO/c1-10-8-4-3-6(11-2)5-7(8)9/h3-5,10H,1-2H3. The van der Waals surface area contributed by atoms with Crippen LogP contribution in [0.25, 0.3) is 0 Å². The zero-order valence-electron chi connectivity index (χ0n) is 6.52. The number of nitrogens with one attached hydrogen (secondary N) is 1. The molecule has 0 saturated carbocycles. The Morgan fingerprint density at radius 3 is 2.64 bits per heavy atom. The number of hydrogen-bond donors (Lipinski definition) is 1. The molecular formula is C8H10BrNO. The van der Waals surface area contributed by atoms with Crippen molar-refractivity contribution in [1.29, 1.82) is 0 Å². The van der Waals surface area contributed by atoms with Crippen LogP contribution in [-0.4, -0.2) is 14.2 Å². The van der Waals surface area contributed by atoms with Crippen molar-refractivity contribution in [3.8, 4) is 5.75 Å². The highest BCUT2D eigenvalue weighted by atomic mass is 79.9. The molecule has 0 bridgehead atoms. The fraction of sp³-hybridized carbons (Fsp3) is 0.250. The van der Waals surface area contributed by atoms with E-state index < -0.39 is 0 Å². The van der Waals surface area contributed by atoms with Crippen LogP contribution in [0.3, 0.4) is 0 Å². The Hall–Kier alpha value is -0.700. The predicted molar refractivity (Wildman–Crippen MR) is 50.2 cm³/mol. The van der Waals surface area contributed by atoms with E-state index in [1.54, 1.807) is 7.11 Å². The molecule has 1 N–H and O–H groups in total. The normalized spacial score (nSPS) is 9.36. The molecule has 0 spiro atoms. The van der Waals surface area contributed by atoms with E-state index in [1.165, 1.54) is 0 Å². The van der Waals surface area contributed by atoms with Crippen molar-refractivity contribution in [2.45, 2.75) is 0 Å². The molecule has 0 atom stereocenters. The Morgan fingerprint density at radius 1 is 1.45 bits per heavy atom. The molecule has 2 nitrogen and oxygen atoms in total. The maximum atomic E-state index is 5.04. The topological polar surface area (TPSA) is 21.3 Å². The Kier molecular flexibility index (Phi) is 2.76. The summed E-state index contributed by atoms with van der Waals surface area (Å²) in [6, 6.07) is 5.80. The van der Waals surface area contributed by atoms with E-state index in [9.17, 15) is 0 Å². The fourth-order valence-electron chi connectivity index (χ4n) is 0.826. The summed E-state index contributed by atoms with van der Waals surface area (Å²) >= 11 is 3.41. The van der Waals surface area contributed by atoms with Crippen LogP contribution in [0.2, 0.25) is 0 Å². The maximum absolute atomic E-state index is 5.04. The molecule has 0 amide bonds. The van der Waals surface area contributed by atoms with Gasteiger partial charge in [-0.2, -0.15) is 0 Å². The quantitative estimate of drug-likeness (QED) is 0.819. The zero-order valence-corrected chi connectivity index (χ0v) is 8.10. The molecule has 1 rings (SSSR count). The van der Waals surface area contributed by atoms with Gasteiger partial charge in [0.15, 0.2) is 0 Å². The minimum absolute atomic E-state index is 0.857. The van der Waals surface area contributed by atoms with Gasteiger partial charge in [-0.1, -0.05) is 0 Å². The average molecular weight is 216 g/mol. The first kappa shape index (κ1) is 8.40. The Labute approximate surface area is 74.7 Å². The molecule has 0 heterocycles. The molecule has 0 saturated heterocycles. The van der Waals surface area contributed by atoms with Gasteiger partial charge in [0, 0.05) is 17.2 Å². The van der Waals surface area contributed by atoms with Gasteiger partial charge < -0.3 is 10.1 Å². The van der Waals surface area contributed by atoms with E-state index in [1.807, 2.05) is 25.2 Å². The predicted octanol–water partition coefficient (Wildman–Crippen LogP) is 2.50. The van der Waals surface area contributed by atoms with Crippen molar-refractivity contribution in [3.63, 3.8) is 0 Å². The van der Waals surface area contributed by atoms with Crippen LogP contribution < -0.4 is 10.1 Å². The smallest absolute Gasteiger partial charge is 0.120 e. The number of ether oxygens (including phenoxy) is 1. The van der Waals surface area contributed by atoms with Crippen molar-refractivity contribution < 1.29 is 4.74 Å². The molecule has 1 aromatic carbocycles. The van der Waals surface area contributed by atoms with Crippen LogP contribution in [0.15, 0.2) is 22.7 Å². The maximum Gasteiger partial charge on any atom is 0.120 e. The Balaban J connectivity index is 2.99. The van der Waals surface area contributed by atoms with Gasteiger partial charge in [-0.25, -0.2) is 0 Å². The van der Waals surface area contributed by atoms with Gasteiger partial charge in [0.2, 0.25) is 0 Å². The van der Waals surface area contributed by atoms with Crippen molar-refractivity contribution in [1.82, 2.24) is 0 Å². The third kappa shape index (κ3) is 1.87. The van der Waals surface area contributed by atoms with Gasteiger partial charge in [-0.05, 0) is 34.1 Å². The van der Waals surface area contributed by atoms with E-state index in [2.05, 4.69) is 21.2 Å². The number of rotatable bonds is 2. The molecule has 0 unspecified atom stereocenters. The summed E-state index contributed by atoms with van der Waals surface area (Å²) in [6.45, 7) is 0. The minimum atomic E-state index is 0.857. The fourth-order valence-corrected chi connectivity index (χ4v) is 1.38. The molecule has 0 aliphatic rings. The van der Waals surface area contributed by atoms with Gasteiger partial charge in [0.1, 0.15) is 5.75 Å². The zero-order chi connectivity index (χ0) is 8.27. The lowest BCUT2D eigenvalue weighted by Crippen LogP contribution is -1.89. The lowest BCUT2D eigenvalue weighted by molar-refractivity contribution is 0.414.